The van der Waals surface area contributed by atoms with Crippen molar-refractivity contribution in [1.82, 2.24) is 4.98 Å². The molecule has 0 atom stereocenters. The smallest absolute Gasteiger partial charge is 0.213 e. The first-order valence-electron chi connectivity index (χ1n) is 2.51. The fraction of sp³-hybridized carbons (Fsp3) is 0. The number of hydrogen-bond donors (Lipinski definition) is 0. The average Bonchev–Trinajstić information content (AvgIpc) is 1.94. The molecule has 10 heavy (non-hydrogen) atoms. The molecule has 0 spiro atoms. The quantitative estimate of drug-likeness (QED) is 0.461. The molecule has 0 aromatic carbocycles. The molecule has 0 amide bonds. The first kappa shape index (κ1) is 7.15. The molecular formula is C6H3ClFNO. The Bertz CT molecular complexity index is 264. The lowest BCUT2D eigenvalue weighted by molar-refractivity contribution is 0.111. The third kappa shape index (κ3) is 1.30. The minimum Gasteiger partial charge on any atom is -0.296 e. The fourth-order valence-corrected chi connectivity index (χ4v) is 0.665. The predicted molar refractivity (Wildman–Crippen MR) is 34.6 cm³/mol. The molecule has 0 saturated carbocycles. The third-order valence-corrected chi connectivity index (χ3v) is 1.27. The SMILES string of the molecule is O=Cc1nc(F)ccc1Cl. The Kier molecular flexibility index (Phi) is 1.97. The summed E-state index contributed by atoms with van der Waals surface area (Å²) in [7, 11) is 0. The second-order valence-electron chi connectivity index (χ2n) is 1.62. The molecule has 1 heterocycles. The van der Waals surface area contributed by atoms with E-state index in [1.54, 1.807) is 0 Å². The third-order valence-electron chi connectivity index (χ3n) is 0.951. The summed E-state index contributed by atoms with van der Waals surface area (Å²) in [5, 5.41) is 0.163. The number of aldehydes is 1. The maximum Gasteiger partial charge on any atom is 0.213 e. The van der Waals surface area contributed by atoms with Crippen molar-refractivity contribution in [1.29, 1.82) is 0 Å². The van der Waals surface area contributed by atoms with Crippen LogP contribution in [0.3, 0.4) is 0 Å². The number of carbonyl (C=O) groups excluding carboxylic acids is 1. The zero-order valence-corrected chi connectivity index (χ0v) is 5.60. The molecule has 0 aliphatic heterocycles. The summed E-state index contributed by atoms with van der Waals surface area (Å²) in [6, 6.07) is 2.38. The van der Waals surface area contributed by atoms with Gasteiger partial charge in [-0.15, -0.1) is 0 Å². The lowest BCUT2D eigenvalue weighted by Gasteiger charge is -1.91. The summed E-state index contributed by atoms with van der Waals surface area (Å²) in [6.45, 7) is 0. The summed E-state index contributed by atoms with van der Waals surface area (Å²) in [6.07, 6.45) is 0.408. The summed E-state index contributed by atoms with van der Waals surface area (Å²) in [4.78, 5) is 13.3. The summed E-state index contributed by atoms with van der Waals surface area (Å²) >= 11 is 5.44. The number of carbonyl (C=O) groups is 1. The topological polar surface area (TPSA) is 30.0 Å². The maximum atomic E-state index is 12.2. The number of nitrogens with zero attached hydrogens (tertiary/aromatic N) is 1. The molecule has 0 fully saturated rings. The van der Waals surface area contributed by atoms with Crippen LogP contribution in [-0.2, 0) is 0 Å². The van der Waals surface area contributed by atoms with Crippen molar-refractivity contribution < 1.29 is 9.18 Å². The standard InChI is InChI=1S/C6H3ClFNO/c7-4-1-2-6(8)9-5(4)3-10/h1-3H. The number of pyridine rings is 1. The highest BCUT2D eigenvalue weighted by molar-refractivity contribution is 6.32. The molecule has 0 aliphatic carbocycles. The lowest BCUT2D eigenvalue weighted by atomic mass is 10.4. The summed E-state index contributed by atoms with van der Waals surface area (Å²) < 4.78 is 12.2. The Morgan fingerprint density at radius 1 is 1.60 bits per heavy atom. The monoisotopic (exact) mass is 159 g/mol. The van der Waals surface area contributed by atoms with Gasteiger partial charge >= 0.3 is 0 Å². The second-order valence-corrected chi connectivity index (χ2v) is 2.03. The van der Waals surface area contributed by atoms with Crippen LogP contribution in [-0.4, -0.2) is 11.3 Å². The van der Waals surface area contributed by atoms with Crippen molar-refractivity contribution in [2.45, 2.75) is 0 Å². The molecule has 0 saturated heterocycles. The van der Waals surface area contributed by atoms with Crippen molar-refractivity contribution in [2.24, 2.45) is 0 Å². The van der Waals surface area contributed by atoms with E-state index in [9.17, 15) is 9.18 Å². The highest BCUT2D eigenvalue weighted by Gasteiger charge is 2.00. The molecule has 4 heteroatoms. The van der Waals surface area contributed by atoms with Crippen molar-refractivity contribution in [3.63, 3.8) is 0 Å². The largest absolute Gasteiger partial charge is 0.296 e. The van der Waals surface area contributed by atoms with Gasteiger partial charge in [0, 0.05) is 0 Å². The lowest BCUT2D eigenvalue weighted by Crippen LogP contribution is -1.90. The van der Waals surface area contributed by atoms with Gasteiger partial charge in [0.1, 0.15) is 5.69 Å². The van der Waals surface area contributed by atoms with Crippen molar-refractivity contribution in [3.8, 4) is 0 Å². The molecule has 1 rings (SSSR count). The Balaban J connectivity index is 3.21. The first-order chi connectivity index (χ1) is 4.74. The summed E-state index contributed by atoms with van der Waals surface area (Å²) in [5.41, 5.74) is -0.0679. The van der Waals surface area contributed by atoms with Gasteiger partial charge in [0.2, 0.25) is 5.95 Å². The first-order valence-corrected chi connectivity index (χ1v) is 2.89. The van der Waals surface area contributed by atoms with Gasteiger partial charge in [0.15, 0.2) is 6.29 Å². The van der Waals surface area contributed by atoms with Crippen LogP contribution in [0, 0.1) is 5.95 Å². The Morgan fingerprint density at radius 3 is 2.80 bits per heavy atom. The molecule has 0 radical (unpaired) electrons. The number of aromatic nitrogens is 1. The van der Waals surface area contributed by atoms with Gasteiger partial charge in [-0.1, -0.05) is 11.6 Å². The molecule has 2 nitrogen and oxygen atoms in total. The van der Waals surface area contributed by atoms with Gasteiger partial charge < -0.3 is 0 Å². The van der Waals surface area contributed by atoms with Crippen LogP contribution in [0.15, 0.2) is 12.1 Å². The van der Waals surface area contributed by atoms with E-state index in [1.165, 1.54) is 6.07 Å². The van der Waals surface area contributed by atoms with Crippen LogP contribution in [0.25, 0.3) is 0 Å². The van der Waals surface area contributed by atoms with Crippen LogP contribution < -0.4 is 0 Å². The highest BCUT2D eigenvalue weighted by Crippen LogP contribution is 2.10. The molecule has 1 aromatic heterocycles. The van der Waals surface area contributed by atoms with Crippen LogP contribution in [0.5, 0.6) is 0 Å². The molecule has 0 bridgehead atoms. The Morgan fingerprint density at radius 2 is 2.30 bits per heavy atom. The van der Waals surface area contributed by atoms with E-state index in [-0.39, 0.29) is 10.7 Å². The molecule has 52 valence electrons. The maximum absolute atomic E-state index is 12.2. The van der Waals surface area contributed by atoms with Gasteiger partial charge in [-0.25, -0.2) is 4.98 Å². The minimum absolute atomic E-state index is 0.0679. The molecule has 0 unspecified atom stereocenters. The van der Waals surface area contributed by atoms with Crippen LogP contribution in [0.2, 0.25) is 5.02 Å². The molecule has 0 aliphatic rings. The zero-order chi connectivity index (χ0) is 7.56. The van der Waals surface area contributed by atoms with E-state index in [2.05, 4.69) is 4.98 Å². The van der Waals surface area contributed by atoms with Gasteiger partial charge in [-0.05, 0) is 12.1 Å². The molecular weight excluding hydrogens is 157 g/mol. The van der Waals surface area contributed by atoms with Crippen LogP contribution in [0.1, 0.15) is 10.5 Å². The normalized spacial score (nSPS) is 9.40. The van der Waals surface area contributed by atoms with Gasteiger partial charge in [-0.3, -0.25) is 4.79 Å². The highest BCUT2D eigenvalue weighted by atomic mass is 35.5. The number of hydrogen-bond acceptors (Lipinski definition) is 2. The van der Waals surface area contributed by atoms with E-state index < -0.39 is 5.95 Å². The average molecular weight is 160 g/mol. The van der Waals surface area contributed by atoms with Crippen molar-refractivity contribution in [3.05, 3.63) is 28.8 Å². The van der Waals surface area contributed by atoms with E-state index in [0.29, 0.717) is 6.29 Å². The van der Waals surface area contributed by atoms with Gasteiger partial charge in [-0.2, -0.15) is 4.39 Å². The van der Waals surface area contributed by atoms with E-state index >= 15 is 0 Å². The second kappa shape index (κ2) is 2.75. The Labute approximate surface area is 61.6 Å². The zero-order valence-electron chi connectivity index (χ0n) is 4.84. The predicted octanol–water partition coefficient (Wildman–Crippen LogP) is 1.69. The molecule has 0 N–H and O–H groups in total. The Hall–Kier alpha value is -0.960. The minimum atomic E-state index is -0.702. The van der Waals surface area contributed by atoms with Gasteiger partial charge in [0.05, 0.1) is 5.02 Å². The van der Waals surface area contributed by atoms with Crippen molar-refractivity contribution >= 4 is 17.9 Å². The van der Waals surface area contributed by atoms with Crippen LogP contribution >= 0.6 is 11.6 Å². The fourth-order valence-electron chi connectivity index (χ4n) is 0.516. The van der Waals surface area contributed by atoms with E-state index in [1.807, 2.05) is 0 Å². The van der Waals surface area contributed by atoms with Crippen molar-refractivity contribution in [2.75, 3.05) is 0 Å². The van der Waals surface area contributed by atoms with E-state index in [4.69, 9.17) is 11.6 Å². The summed E-state index contributed by atoms with van der Waals surface area (Å²) in [5.74, 6) is -0.702. The number of halogens is 2. The van der Waals surface area contributed by atoms with Gasteiger partial charge in [0.25, 0.3) is 0 Å². The van der Waals surface area contributed by atoms with E-state index in [0.717, 1.165) is 6.07 Å². The molecule has 1 aromatic rings. The number of rotatable bonds is 1. The van der Waals surface area contributed by atoms with Crippen LogP contribution in [0.4, 0.5) is 4.39 Å².